The highest BCUT2D eigenvalue weighted by molar-refractivity contribution is 4.98. The summed E-state index contributed by atoms with van der Waals surface area (Å²) >= 11 is 0. The van der Waals surface area contributed by atoms with E-state index in [0.29, 0.717) is 6.04 Å². The summed E-state index contributed by atoms with van der Waals surface area (Å²) in [4.78, 5) is 0. The lowest BCUT2D eigenvalue weighted by molar-refractivity contribution is 0.269. The molecule has 0 aliphatic heterocycles. The van der Waals surface area contributed by atoms with Gasteiger partial charge in [-0.05, 0) is 50.9 Å². The van der Waals surface area contributed by atoms with Crippen molar-refractivity contribution in [1.29, 1.82) is 0 Å². The van der Waals surface area contributed by atoms with Crippen LogP contribution in [0.4, 0.5) is 0 Å². The van der Waals surface area contributed by atoms with Crippen LogP contribution in [-0.2, 0) is 0 Å². The van der Waals surface area contributed by atoms with E-state index in [1.807, 2.05) is 6.08 Å². The molecule has 0 saturated heterocycles. The average molecular weight is 179 g/mol. The van der Waals surface area contributed by atoms with E-state index in [2.05, 4.69) is 18.8 Å². The Morgan fingerprint density at radius 2 is 1.92 bits per heavy atom. The SMILES string of the molecule is C=CC(C)NC1CCC2(CC1)CC2. The summed E-state index contributed by atoms with van der Waals surface area (Å²) < 4.78 is 0. The maximum atomic E-state index is 3.80. The first kappa shape index (κ1) is 9.26. The van der Waals surface area contributed by atoms with E-state index in [0.717, 1.165) is 11.5 Å². The van der Waals surface area contributed by atoms with Crippen molar-refractivity contribution in [3.05, 3.63) is 12.7 Å². The Bertz CT molecular complexity index is 183. The monoisotopic (exact) mass is 179 g/mol. The molecule has 0 amide bonds. The van der Waals surface area contributed by atoms with Gasteiger partial charge in [-0.2, -0.15) is 0 Å². The Hall–Kier alpha value is -0.300. The lowest BCUT2D eigenvalue weighted by Crippen LogP contribution is -2.38. The number of rotatable bonds is 3. The zero-order valence-corrected chi connectivity index (χ0v) is 8.68. The molecule has 0 aromatic heterocycles. The minimum atomic E-state index is 0.484. The molecule has 2 aliphatic rings. The Labute approximate surface area is 81.6 Å². The van der Waals surface area contributed by atoms with Crippen LogP contribution in [0.25, 0.3) is 0 Å². The Morgan fingerprint density at radius 3 is 2.38 bits per heavy atom. The van der Waals surface area contributed by atoms with E-state index in [-0.39, 0.29) is 0 Å². The van der Waals surface area contributed by atoms with Crippen molar-refractivity contribution in [2.75, 3.05) is 0 Å². The molecule has 1 heteroatoms. The summed E-state index contributed by atoms with van der Waals surface area (Å²) in [5.74, 6) is 0. The second kappa shape index (κ2) is 3.45. The molecule has 2 aliphatic carbocycles. The second-order valence-electron chi connectivity index (χ2n) is 4.97. The zero-order valence-electron chi connectivity index (χ0n) is 8.68. The van der Waals surface area contributed by atoms with E-state index in [9.17, 15) is 0 Å². The van der Waals surface area contributed by atoms with Crippen LogP contribution in [0.3, 0.4) is 0 Å². The first-order valence-electron chi connectivity index (χ1n) is 5.63. The maximum absolute atomic E-state index is 3.80. The predicted octanol–water partition coefficient (Wildman–Crippen LogP) is 2.87. The fraction of sp³-hybridized carbons (Fsp3) is 0.833. The molecule has 0 heterocycles. The van der Waals surface area contributed by atoms with Crippen LogP contribution in [0.2, 0.25) is 0 Å². The van der Waals surface area contributed by atoms with Gasteiger partial charge in [0.15, 0.2) is 0 Å². The second-order valence-corrected chi connectivity index (χ2v) is 4.97. The fourth-order valence-corrected chi connectivity index (χ4v) is 2.51. The highest BCUT2D eigenvalue weighted by Crippen LogP contribution is 2.56. The summed E-state index contributed by atoms with van der Waals surface area (Å²) in [6.45, 7) is 5.99. The van der Waals surface area contributed by atoms with Gasteiger partial charge in [-0.3, -0.25) is 0 Å². The Balaban J connectivity index is 1.74. The molecule has 1 atom stereocenters. The zero-order chi connectivity index (χ0) is 9.31. The first-order valence-corrected chi connectivity index (χ1v) is 5.63. The van der Waals surface area contributed by atoms with Gasteiger partial charge >= 0.3 is 0 Å². The van der Waals surface area contributed by atoms with Crippen LogP contribution in [0.1, 0.15) is 45.4 Å². The largest absolute Gasteiger partial charge is 0.308 e. The topological polar surface area (TPSA) is 12.0 Å². The van der Waals surface area contributed by atoms with Gasteiger partial charge in [-0.1, -0.05) is 6.08 Å². The Kier molecular flexibility index (Phi) is 2.46. The van der Waals surface area contributed by atoms with Gasteiger partial charge in [-0.25, -0.2) is 0 Å². The summed E-state index contributed by atoms with van der Waals surface area (Å²) in [5, 5.41) is 3.62. The van der Waals surface area contributed by atoms with Crippen molar-refractivity contribution in [3.8, 4) is 0 Å². The van der Waals surface area contributed by atoms with Crippen LogP contribution in [0, 0.1) is 5.41 Å². The number of nitrogens with one attached hydrogen (secondary N) is 1. The first-order chi connectivity index (χ1) is 6.24. The van der Waals surface area contributed by atoms with Crippen LogP contribution in [-0.4, -0.2) is 12.1 Å². The molecule has 0 aromatic carbocycles. The van der Waals surface area contributed by atoms with Gasteiger partial charge in [0, 0.05) is 12.1 Å². The molecule has 74 valence electrons. The Morgan fingerprint density at radius 1 is 1.31 bits per heavy atom. The van der Waals surface area contributed by atoms with Crippen LogP contribution >= 0.6 is 0 Å². The summed E-state index contributed by atoms with van der Waals surface area (Å²) in [6.07, 6.45) is 10.7. The van der Waals surface area contributed by atoms with Crippen LogP contribution < -0.4 is 5.32 Å². The van der Waals surface area contributed by atoms with Crippen molar-refractivity contribution in [1.82, 2.24) is 5.32 Å². The minimum Gasteiger partial charge on any atom is -0.308 e. The van der Waals surface area contributed by atoms with Gasteiger partial charge in [-0.15, -0.1) is 6.58 Å². The summed E-state index contributed by atoms with van der Waals surface area (Å²) in [6, 6.07) is 1.25. The van der Waals surface area contributed by atoms with Crippen molar-refractivity contribution in [3.63, 3.8) is 0 Å². The van der Waals surface area contributed by atoms with Gasteiger partial charge in [0.2, 0.25) is 0 Å². The van der Waals surface area contributed by atoms with E-state index in [1.165, 1.54) is 38.5 Å². The van der Waals surface area contributed by atoms with Crippen LogP contribution in [0.5, 0.6) is 0 Å². The number of hydrogen-bond acceptors (Lipinski definition) is 1. The van der Waals surface area contributed by atoms with Crippen molar-refractivity contribution in [2.24, 2.45) is 5.41 Å². The lowest BCUT2D eigenvalue weighted by atomic mass is 9.83. The normalized spacial score (nSPS) is 28.7. The van der Waals surface area contributed by atoms with Gasteiger partial charge in [0.05, 0.1) is 0 Å². The van der Waals surface area contributed by atoms with Gasteiger partial charge in [0.1, 0.15) is 0 Å². The van der Waals surface area contributed by atoms with E-state index < -0.39 is 0 Å². The molecule has 0 bridgehead atoms. The highest BCUT2D eigenvalue weighted by Gasteiger charge is 2.44. The quantitative estimate of drug-likeness (QED) is 0.657. The molecule has 2 saturated carbocycles. The third-order valence-electron chi connectivity index (χ3n) is 3.86. The van der Waals surface area contributed by atoms with Gasteiger partial charge in [0.25, 0.3) is 0 Å². The van der Waals surface area contributed by atoms with Gasteiger partial charge < -0.3 is 5.32 Å². The molecular weight excluding hydrogens is 158 g/mol. The predicted molar refractivity (Wildman–Crippen MR) is 56.7 cm³/mol. The van der Waals surface area contributed by atoms with Crippen LogP contribution in [0.15, 0.2) is 12.7 Å². The summed E-state index contributed by atoms with van der Waals surface area (Å²) in [5.41, 5.74) is 0.829. The van der Waals surface area contributed by atoms with E-state index >= 15 is 0 Å². The smallest absolute Gasteiger partial charge is 0.0221 e. The minimum absolute atomic E-state index is 0.484. The standard InChI is InChI=1S/C12H21N/c1-3-10(2)13-11-4-6-12(7-5-11)8-9-12/h3,10-11,13H,1,4-9H2,2H3. The molecule has 1 spiro atoms. The third kappa shape index (κ3) is 2.14. The molecule has 1 unspecified atom stereocenters. The van der Waals surface area contributed by atoms with Crippen molar-refractivity contribution >= 4 is 0 Å². The molecule has 13 heavy (non-hydrogen) atoms. The molecular formula is C12H21N. The van der Waals surface area contributed by atoms with Crippen molar-refractivity contribution in [2.45, 2.75) is 57.5 Å². The maximum Gasteiger partial charge on any atom is 0.0221 e. The average Bonchev–Trinajstić information content (AvgIpc) is 2.90. The fourth-order valence-electron chi connectivity index (χ4n) is 2.51. The molecule has 0 radical (unpaired) electrons. The van der Waals surface area contributed by atoms with Crippen molar-refractivity contribution < 1.29 is 0 Å². The molecule has 1 N–H and O–H groups in total. The summed E-state index contributed by atoms with van der Waals surface area (Å²) in [7, 11) is 0. The van der Waals surface area contributed by atoms with E-state index in [4.69, 9.17) is 0 Å². The van der Waals surface area contributed by atoms with E-state index in [1.54, 1.807) is 0 Å². The molecule has 0 aromatic rings. The molecule has 1 nitrogen and oxygen atoms in total. The highest BCUT2D eigenvalue weighted by atomic mass is 14.9. The lowest BCUT2D eigenvalue weighted by Gasteiger charge is -2.30. The third-order valence-corrected chi connectivity index (χ3v) is 3.86. The number of hydrogen-bond donors (Lipinski definition) is 1. The molecule has 2 rings (SSSR count). The molecule has 2 fully saturated rings.